The minimum atomic E-state index is -1.09. The maximum absolute atomic E-state index is 10.9. The Morgan fingerprint density at radius 2 is 1.94 bits per heavy atom. The maximum atomic E-state index is 10.9. The van der Waals surface area contributed by atoms with Gasteiger partial charge in [-0.05, 0) is 44.7 Å². The molecule has 1 fully saturated rings. The highest BCUT2D eigenvalue weighted by Crippen LogP contribution is 2.29. The number of carboxylic acid groups (broad SMARTS) is 1. The van der Waals surface area contributed by atoms with E-state index in [2.05, 4.69) is 18.7 Å². The van der Waals surface area contributed by atoms with Crippen LogP contribution in [-0.4, -0.2) is 41.1 Å². The number of aliphatic carboxylic acids is 1. The molecule has 1 aliphatic heterocycles. The highest BCUT2D eigenvalue weighted by Gasteiger charge is 2.30. The van der Waals surface area contributed by atoms with Crippen LogP contribution >= 0.6 is 0 Å². The Kier molecular flexibility index (Phi) is 3.97. The largest absolute Gasteiger partial charge is 0.480 e. The second kappa shape index (κ2) is 4.72. The molecule has 1 atom stereocenters. The Bertz CT molecular complexity index is 252. The molecule has 1 heterocycles. The van der Waals surface area contributed by atoms with Crippen molar-refractivity contribution >= 4 is 5.97 Å². The van der Waals surface area contributed by atoms with Crippen molar-refractivity contribution in [2.45, 2.75) is 45.6 Å². The maximum Gasteiger partial charge on any atom is 0.323 e. The molecule has 1 rings (SSSR count). The predicted octanol–water partition coefficient (Wildman–Crippen LogP) is 1.30. The molecule has 16 heavy (non-hydrogen) atoms. The van der Waals surface area contributed by atoms with Crippen molar-refractivity contribution in [2.75, 3.05) is 19.6 Å². The Hall–Kier alpha value is -0.610. The van der Waals surface area contributed by atoms with Gasteiger partial charge in [-0.15, -0.1) is 0 Å². The predicted molar refractivity (Wildman–Crippen MR) is 64.3 cm³/mol. The fourth-order valence-electron chi connectivity index (χ4n) is 1.88. The lowest BCUT2D eigenvalue weighted by atomic mass is 9.82. The topological polar surface area (TPSA) is 66.6 Å². The van der Waals surface area contributed by atoms with Crippen LogP contribution in [0.2, 0.25) is 0 Å². The molecule has 0 aromatic heterocycles. The third-order valence-corrected chi connectivity index (χ3v) is 3.65. The second-order valence-electron chi connectivity index (χ2n) is 5.98. The molecule has 94 valence electrons. The standard InChI is InChI=1S/C12H24N2O2/c1-11(2)4-7-14(8-5-11)9-6-12(3,13)10(15)16/h4-9,13H2,1-3H3,(H,15,16). The summed E-state index contributed by atoms with van der Waals surface area (Å²) in [7, 11) is 0. The van der Waals surface area contributed by atoms with Crippen molar-refractivity contribution in [3.63, 3.8) is 0 Å². The summed E-state index contributed by atoms with van der Waals surface area (Å²) in [6.45, 7) is 9.06. The normalized spacial score (nSPS) is 25.0. The monoisotopic (exact) mass is 228 g/mol. The lowest BCUT2D eigenvalue weighted by Gasteiger charge is -2.37. The summed E-state index contributed by atoms with van der Waals surface area (Å²) < 4.78 is 0. The average molecular weight is 228 g/mol. The Morgan fingerprint density at radius 1 is 1.44 bits per heavy atom. The van der Waals surface area contributed by atoms with Gasteiger partial charge >= 0.3 is 5.97 Å². The van der Waals surface area contributed by atoms with Gasteiger partial charge in [-0.3, -0.25) is 4.79 Å². The van der Waals surface area contributed by atoms with E-state index in [0.29, 0.717) is 11.8 Å². The van der Waals surface area contributed by atoms with Crippen LogP contribution in [0.25, 0.3) is 0 Å². The van der Waals surface area contributed by atoms with Crippen molar-refractivity contribution in [1.82, 2.24) is 4.90 Å². The molecule has 3 N–H and O–H groups in total. The molecule has 1 saturated heterocycles. The molecule has 0 aliphatic carbocycles. The zero-order valence-electron chi connectivity index (χ0n) is 10.6. The van der Waals surface area contributed by atoms with Gasteiger partial charge in [0.05, 0.1) is 0 Å². The summed E-state index contributed by atoms with van der Waals surface area (Å²) in [5.41, 5.74) is 5.05. The number of carboxylic acids is 1. The van der Waals surface area contributed by atoms with Crippen LogP contribution in [0.1, 0.15) is 40.0 Å². The first kappa shape index (κ1) is 13.5. The molecule has 0 radical (unpaired) electrons. The van der Waals surface area contributed by atoms with Crippen molar-refractivity contribution in [2.24, 2.45) is 11.1 Å². The average Bonchev–Trinajstić information content (AvgIpc) is 2.16. The lowest BCUT2D eigenvalue weighted by Crippen LogP contribution is -2.48. The van der Waals surface area contributed by atoms with Crippen molar-refractivity contribution < 1.29 is 9.90 Å². The number of piperidine rings is 1. The summed E-state index contributed by atoms with van der Waals surface area (Å²) in [4.78, 5) is 13.2. The smallest absolute Gasteiger partial charge is 0.323 e. The van der Waals surface area contributed by atoms with E-state index in [4.69, 9.17) is 10.8 Å². The summed E-state index contributed by atoms with van der Waals surface area (Å²) >= 11 is 0. The number of rotatable bonds is 4. The van der Waals surface area contributed by atoms with Crippen LogP contribution in [0.4, 0.5) is 0 Å². The molecule has 1 aliphatic rings. The van der Waals surface area contributed by atoms with Crippen molar-refractivity contribution in [1.29, 1.82) is 0 Å². The van der Waals surface area contributed by atoms with Gasteiger partial charge in [-0.1, -0.05) is 13.8 Å². The van der Waals surface area contributed by atoms with Crippen LogP contribution in [0, 0.1) is 5.41 Å². The van der Waals surface area contributed by atoms with E-state index in [0.717, 1.165) is 19.6 Å². The van der Waals surface area contributed by atoms with E-state index < -0.39 is 11.5 Å². The number of hydrogen-bond donors (Lipinski definition) is 2. The third kappa shape index (κ3) is 3.76. The van der Waals surface area contributed by atoms with Crippen molar-refractivity contribution in [3.05, 3.63) is 0 Å². The van der Waals surface area contributed by atoms with Crippen LogP contribution in [0.15, 0.2) is 0 Å². The fourth-order valence-corrected chi connectivity index (χ4v) is 1.88. The van der Waals surface area contributed by atoms with Crippen LogP contribution < -0.4 is 5.73 Å². The zero-order chi connectivity index (χ0) is 12.4. The van der Waals surface area contributed by atoms with Gasteiger partial charge in [0.25, 0.3) is 0 Å². The van der Waals surface area contributed by atoms with Crippen LogP contribution in [-0.2, 0) is 4.79 Å². The lowest BCUT2D eigenvalue weighted by molar-refractivity contribution is -0.143. The molecule has 0 spiro atoms. The first-order valence-electron chi connectivity index (χ1n) is 5.98. The molecule has 0 amide bonds. The van der Waals surface area contributed by atoms with E-state index in [-0.39, 0.29) is 0 Å². The minimum Gasteiger partial charge on any atom is -0.480 e. The number of likely N-dealkylation sites (tertiary alicyclic amines) is 1. The first-order chi connectivity index (χ1) is 7.23. The molecule has 0 aromatic carbocycles. The molecule has 0 saturated carbocycles. The zero-order valence-corrected chi connectivity index (χ0v) is 10.6. The number of hydrogen-bond acceptors (Lipinski definition) is 3. The molecule has 4 heteroatoms. The molecule has 1 unspecified atom stereocenters. The first-order valence-corrected chi connectivity index (χ1v) is 5.98. The minimum absolute atomic E-state index is 0.440. The van der Waals surface area contributed by atoms with Gasteiger partial charge in [0, 0.05) is 6.54 Å². The van der Waals surface area contributed by atoms with Gasteiger partial charge in [-0.25, -0.2) is 0 Å². The summed E-state index contributed by atoms with van der Waals surface area (Å²) in [6.07, 6.45) is 2.88. The Labute approximate surface area is 97.8 Å². The third-order valence-electron chi connectivity index (χ3n) is 3.65. The van der Waals surface area contributed by atoms with E-state index >= 15 is 0 Å². The van der Waals surface area contributed by atoms with E-state index in [1.165, 1.54) is 12.8 Å². The van der Waals surface area contributed by atoms with Gasteiger partial charge in [0.15, 0.2) is 0 Å². The summed E-state index contributed by atoms with van der Waals surface area (Å²) in [6, 6.07) is 0. The second-order valence-corrected chi connectivity index (χ2v) is 5.98. The highest BCUT2D eigenvalue weighted by atomic mass is 16.4. The number of nitrogens with zero attached hydrogens (tertiary/aromatic N) is 1. The SMILES string of the molecule is CC1(C)CCN(CCC(C)(N)C(=O)O)CC1. The van der Waals surface area contributed by atoms with Gasteiger partial charge < -0.3 is 15.7 Å². The van der Waals surface area contributed by atoms with E-state index in [1.54, 1.807) is 6.92 Å². The van der Waals surface area contributed by atoms with E-state index in [1.807, 2.05) is 0 Å². The number of nitrogens with two attached hydrogens (primary N) is 1. The van der Waals surface area contributed by atoms with Gasteiger partial charge in [0.1, 0.15) is 5.54 Å². The summed E-state index contributed by atoms with van der Waals surface area (Å²) in [5, 5.41) is 8.91. The van der Waals surface area contributed by atoms with Crippen LogP contribution in [0.3, 0.4) is 0 Å². The summed E-state index contributed by atoms with van der Waals surface area (Å²) in [5.74, 6) is -0.912. The highest BCUT2D eigenvalue weighted by molar-refractivity contribution is 5.77. The Morgan fingerprint density at radius 3 is 2.38 bits per heavy atom. The van der Waals surface area contributed by atoms with Crippen LogP contribution in [0.5, 0.6) is 0 Å². The Balaban J connectivity index is 2.33. The van der Waals surface area contributed by atoms with E-state index in [9.17, 15) is 4.79 Å². The molecule has 0 aromatic rings. The molecule has 0 bridgehead atoms. The van der Waals surface area contributed by atoms with Gasteiger partial charge in [-0.2, -0.15) is 0 Å². The molecular formula is C12H24N2O2. The van der Waals surface area contributed by atoms with Gasteiger partial charge in [0.2, 0.25) is 0 Å². The number of carbonyl (C=O) groups is 1. The quantitative estimate of drug-likeness (QED) is 0.761. The fraction of sp³-hybridized carbons (Fsp3) is 0.917. The molecular weight excluding hydrogens is 204 g/mol. The van der Waals surface area contributed by atoms with Crippen molar-refractivity contribution in [3.8, 4) is 0 Å². The molecule has 4 nitrogen and oxygen atoms in total.